The van der Waals surface area contributed by atoms with Gasteiger partial charge in [-0.3, -0.25) is 5.32 Å². The van der Waals surface area contributed by atoms with Crippen LogP contribution in [0.15, 0.2) is 18.2 Å². The summed E-state index contributed by atoms with van der Waals surface area (Å²) in [6.45, 7) is -0.185. The van der Waals surface area contributed by atoms with Gasteiger partial charge in [-0.05, 0) is 17.7 Å². The fraction of sp³-hybridized carbons (Fsp3) is 0.125. The smallest absolute Gasteiger partial charge is 0.392 e. The van der Waals surface area contributed by atoms with Crippen LogP contribution in [0.25, 0.3) is 0 Å². The molecule has 66 valence electrons. The molecule has 0 aliphatic carbocycles. The molecule has 1 aromatic rings. The van der Waals surface area contributed by atoms with E-state index >= 15 is 0 Å². The number of rotatable bonds is 2. The quantitative estimate of drug-likeness (QED) is 0.394. The van der Waals surface area contributed by atoms with E-state index in [0.717, 1.165) is 0 Å². The molecule has 2 N–H and O–H groups in total. The van der Waals surface area contributed by atoms with Gasteiger partial charge < -0.3 is 5.11 Å². The molecule has 0 saturated heterocycles. The SMILES string of the molecule is [B]c1cc(NC(=O)F)ccc1CO. The zero-order valence-corrected chi connectivity index (χ0v) is 6.75. The number of carbonyl (C=O) groups excluding carboxylic acids is 1. The predicted octanol–water partition coefficient (Wildman–Crippen LogP) is 0.474. The first kappa shape index (κ1) is 9.73. The molecule has 0 aliphatic rings. The Kier molecular flexibility index (Phi) is 3.03. The summed E-state index contributed by atoms with van der Waals surface area (Å²) in [6.07, 6.45) is -1.64. The highest BCUT2D eigenvalue weighted by molar-refractivity contribution is 6.33. The fourth-order valence-corrected chi connectivity index (χ4v) is 0.930. The van der Waals surface area contributed by atoms with Crippen LogP contribution < -0.4 is 10.8 Å². The van der Waals surface area contributed by atoms with Gasteiger partial charge in [0.1, 0.15) is 7.85 Å². The minimum absolute atomic E-state index is 0.185. The molecule has 0 spiro atoms. The molecule has 1 amide bonds. The minimum atomic E-state index is -1.64. The summed E-state index contributed by atoms with van der Waals surface area (Å²) >= 11 is 0. The molecule has 0 unspecified atom stereocenters. The number of halogens is 1. The van der Waals surface area contributed by atoms with Crippen LogP contribution in [-0.2, 0) is 6.61 Å². The fourth-order valence-electron chi connectivity index (χ4n) is 0.930. The lowest BCUT2D eigenvalue weighted by Gasteiger charge is -2.05. The van der Waals surface area contributed by atoms with E-state index in [1.165, 1.54) is 18.2 Å². The number of hydrogen-bond acceptors (Lipinski definition) is 2. The van der Waals surface area contributed by atoms with Crippen molar-refractivity contribution >= 4 is 25.2 Å². The minimum Gasteiger partial charge on any atom is -0.392 e. The highest BCUT2D eigenvalue weighted by atomic mass is 19.1. The van der Waals surface area contributed by atoms with Crippen molar-refractivity contribution in [3.05, 3.63) is 23.8 Å². The van der Waals surface area contributed by atoms with Crippen LogP contribution in [0.3, 0.4) is 0 Å². The molecule has 1 aromatic carbocycles. The third-order valence-electron chi connectivity index (χ3n) is 1.56. The van der Waals surface area contributed by atoms with Crippen molar-refractivity contribution < 1.29 is 14.3 Å². The highest BCUT2D eigenvalue weighted by Gasteiger charge is 2.01. The van der Waals surface area contributed by atoms with Gasteiger partial charge in [0.05, 0.1) is 6.61 Å². The van der Waals surface area contributed by atoms with Gasteiger partial charge in [-0.2, -0.15) is 0 Å². The van der Waals surface area contributed by atoms with Crippen LogP contribution in [0.4, 0.5) is 14.9 Å². The topological polar surface area (TPSA) is 49.3 Å². The molecular formula is C8H7BFNO2. The molecule has 0 fully saturated rings. The molecule has 5 heteroatoms. The van der Waals surface area contributed by atoms with Crippen LogP contribution in [0, 0.1) is 0 Å². The Morgan fingerprint density at radius 1 is 1.62 bits per heavy atom. The van der Waals surface area contributed by atoms with Gasteiger partial charge in [-0.25, -0.2) is 4.79 Å². The summed E-state index contributed by atoms with van der Waals surface area (Å²) in [5, 5.41) is 10.7. The standard InChI is InChI=1S/C8H7BFNO2/c9-7-3-6(11-8(10)13)2-1-5(7)4-12/h1-3,12H,4H2,(H,11,13). The molecule has 2 radical (unpaired) electrons. The molecule has 13 heavy (non-hydrogen) atoms. The lowest BCUT2D eigenvalue weighted by molar-refractivity contribution is 0.235. The van der Waals surface area contributed by atoms with Crippen molar-refractivity contribution in [1.82, 2.24) is 0 Å². The van der Waals surface area contributed by atoms with Gasteiger partial charge in [0.2, 0.25) is 0 Å². The molecule has 0 atom stereocenters. The number of aliphatic hydroxyl groups is 1. The highest BCUT2D eigenvalue weighted by Crippen LogP contribution is 2.07. The van der Waals surface area contributed by atoms with Crippen molar-refractivity contribution in [2.75, 3.05) is 5.32 Å². The number of anilines is 1. The maximum Gasteiger partial charge on any atom is 0.401 e. The molecule has 0 aliphatic heterocycles. The first-order valence-corrected chi connectivity index (χ1v) is 3.59. The zero-order valence-electron chi connectivity index (χ0n) is 6.75. The Labute approximate surface area is 76.0 Å². The van der Waals surface area contributed by atoms with Crippen LogP contribution >= 0.6 is 0 Å². The number of benzene rings is 1. The van der Waals surface area contributed by atoms with Crippen molar-refractivity contribution in [2.45, 2.75) is 6.61 Å². The predicted molar refractivity (Wildman–Crippen MR) is 47.9 cm³/mol. The maximum atomic E-state index is 11.9. The second kappa shape index (κ2) is 4.05. The van der Waals surface area contributed by atoms with Crippen LogP contribution in [0.5, 0.6) is 0 Å². The number of hydrogen-bond donors (Lipinski definition) is 2. The van der Waals surface area contributed by atoms with Crippen molar-refractivity contribution in [3.63, 3.8) is 0 Å². The van der Waals surface area contributed by atoms with Crippen molar-refractivity contribution in [3.8, 4) is 0 Å². The monoisotopic (exact) mass is 179 g/mol. The largest absolute Gasteiger partial charge is 0.401 e. The summed E-state index contributed by atoms with van der Waals surface area (Å²) in [4.78, 5) is 10.0. The van der Waals surface area contributed by atoms with Crippen LogP contribution in [0.1, 0.15) is 5.56 Å². The van der Waals surface area contributed by atoms with Gasteiger partial charge in [0.15, 0.2) is 0 Å². The van der Waals surface area contributed by atoms with Crippen molar-refractivity contribution in [2.24, 2.45) is 0 Å². The molecule has 1 rings (SSSR count). The Morgan fingerprint density at radius 2 is 2.31 bits per heavy atom. The van der Waals surface area contributed by atoms with E-state index in [0.29, 0.717) is 11.0 Å². The number of carbonyl (C=O) groups is 1. The third kappa shape index (κ3) is 2.56. The normalized spacial score (nSPS) is 9.69. The Morgan fingerprint density at radius 3 is 2.77 bits per heavy atom. The lowest BCUT2D eigenvalue weighted by Crippen LogP contribution is -2.12. The van der Waals surface area contributed by atoms with E-state index in [4.69, 9.17) is 13.0 Å². The molecule has 3 nitrogen and oxygen atoms in total. The Hall–Kier alpha value is -1.36. The number of amides is 1. The van der Waals surface area contributed by atoms with Gasteiger partial charge in [-0.15, -0.1) is 4.39 Å². The molecule has 0 aromatic heterocycles. The third-order valence-corrected chi connectivity index (χ3v) is 1.56. The van der Waals surface area contributed by atoms with Gasteiger partial charge in [0.25, 0.3) is 0 Å². The Balaban J connectivity index is 2.89. The average Bonchev–Trinajstić information content (AvgIpc) is 2.03. The lowest BCUT2D eigenvalue weighted by atomic mass is 9.90. The maximum absolute atomic E-state index is 11.9. The average molecular weight is 179 g/mol. The summed E-state index contributed by atoms with van der Waals surface area (Å²) in [5.74, 6) is 0. The molecule has 0 saturated carbocycles. The second-order valence-electron chi connectivity index (χ2n) is 2.47. The summed E-state index contributed by atoms with van der Waals surface area (Å²) < 4.78 is 11.9. The molecular weight excluding hydrogens is 172 g/mol. The number of nitrogens with one attached hydrogen (secondary N) is 1. The van der Waals surface area contributed by atoms with E-state index in [-0.39, 0.29) is 12.3 Å². The first-order valence-electron chi connectivity index (χ1n) is 3.59. The Bertz CT molecular complexity index is 330. The van der Waals surface area contributed by atoms with E-state index < -0.39 is 6.16 Å². The van der Waals surface area contributed by atoms with E-state index in [9.17, 15) is 9.18 Å². The second-order valence-corrected chi connectivity index (χ2v) is 2.47. The summed E-state index contributed by atoms with van der Waals surface area (Å²) in [6, 6.07) is 4.35. The van der Waals surface area contributed by atoms with Crippen molar-refractivity contribution in [1.29, 1.82) is 0 Å². The van der Waals surface area contributed by atoms with E-state index in [2.05, 4.69) is 0 Å². The molecule has 0 bridgehead atoms. The summed E-state index contributed by atoms with van der Waals surface area (Å²) in [5.41, 5.74) is 1.12. The summed E-state index contributed by atoms with van der Waals surface area (Å²) in [7, 11) is 5.47. The first-order chi connectivity index (χ1) is 6.13. The van der Waals surface area contributed by atoms with E-state index in [1.807, 2.05) is 5.32 Å². The molecule has 0 heterocycles. The number of aliphatic hydroxyl groups excluding tert-OH is 1. The zero-order chi connectivity index (χ0) is 9.84. The van der Waals surface area contributed by atoms with Gasteiger partial charge in [0, 0.05) is 5.69 Å². The van der Waals surface area contributed by atoms with E-state index in [1.54, 1.807) is 0 Å². The van der Waals surface area contributed by atoms with Crippen LogP contribution in [-0.4, -0.2) is 19.1 Å². The van der Waals surface area contributed by atoms with Gasteiger partial charge in [-0.1, -0.05) is 11.5 Å². The van der Waals surface area contributed by atoms with Crippen LogP contribution in [0.2, 0.25) is 0 Å². The van der Waals surface area contributed by atoms with Gasteiger partial charge >= 0.3 is 6.16 Å².